The lowest BCUT2D eigenvalue weighted by molar-refractivity contribution is -0.122. The van der Waals surface area contributed by atoms with Crippen LogP contribution in [0.3, 0.4) is 0 Å². The van der Waals surface area contributed by atoms with Gasteiger partial charge in [0.05, 0.1) is 0 Å². The maximum Gasteiger partial charge on any atom is 0.300 e. The number of rotatable bonds is 4. The Morgan fingerprint density at radius 2 is 2.20 bits per heavy atom. The van der Waals surface area contributed by atoms with Crippen molar-refractivity contribution in [1.29, 1.82) is 0 Å². The molecule has 1 fully saturated rings. The molecule has 0 saturated carbocycles. The minimum absolute atomic E-state index is 0.0877. The number of nitrogens with zero attached hydrogens (tertiary/aromatic N) is 2. The zero-order valence-corrected chi connectivity index (χ0v) is 9.62. The largest absolute Gasteiger partial charge is 0.420 e. The highest BCUT2D eigenvalue weighted by atomic mass is 16.5. The Kier molecular flexibility index (Phi) is 4.34. The van der Waals surface area contributed by atoms with Crippen LogP contribution in [0.1, 0.15) is 33.6 Å². The van der Waals surface area contributed by atoms with Gasteiger partial charge in [0.15, 0.2) is 5.76 Å². The van der Waals surface area contributed by atoms with Crippen molar-refractivity contribution in [3.8, 4) is 0 Å². The molecule has 1 aliphatic rings. The number of carbonyl (C=O) groups excluding carboxylic acids is 1. The van der Waals surface area contributed by atoms with Crippen LogP contribution in [0.4, 0.5) is 0 Å². The first-order valence-corrected chi connectivity index (χ1v) is 5.45. The van der Waals surface area contributed by atoms with Crippen LogP contribution in [0.2, 0.25) is 0 Å². The van der Waals surface area contributed by atoms with Gasteiger partial charge in [0.1, 0.15) is 0 Å². The van der Waals surface area contributed by atoms with Crippen LogP contribution in [0.25, 0.3) is 0 Å². The van der Waals surface area contributed by atoms with E-state index in [4.69, 9.17) is 4.74 Å². The lowest BCUT2D eigenvalue weighted by atomic mass is 10.3. The van der Waals surface area contributed by atoms with Crippen molar-refractivity contribution in [3.63, 3.8) is 0 Å². The highest BCUT2D eigenvalue weighted by Crippen LogP contribution is 2.16. The van der Waals surface area contributed by atoms with E-state index in [0.29, 0.717) is 24.9 Å². The number of carbonyl (C=O) groups is 1. The first-order chi connectivity index (χ1) is 7.24. The van der Waals surface area contributed by atoms with E-state index in [-0.39, 0.29) is 5.91 Å². The molecule has 0 atom stereocenters. The number of allylic oxidation sites excluding steroid dienone is 1. The summed E-state index contributed by atoms with van der Waals surface area (Å²) in [6, 6.07) is 0.448. The summed E-state index contributed by atoms with van der Waals surface area (Å²) < 4.78 is 5.36. The quantitative estimate of drug-likeness (QED) is 0.525. The third kappa shape index (κ3) is 2.58. The maximum atomic E-state index is 11.7. The van der Waals surface area contributed by atoms with Crippen molar-refractivity contribution in [2.75, 3.05) is 13.1 Å². The van der Waals surface area contributed by atoms with Crippen LogP contribution in [0.5, 0.6) is 0 Å². The van der Waals surface area contributed by atoms with Crippen LogP contribution in [0.15, 0.2) is 16.8 Å². The number of amidine groups is 1. The first kappa shape index (κ1) is 11.8. The van der Waals surface area contributed by atoms with E-state index in [1.807, 2.05) is 6.92 Å². The molecule has 1 aliphatic heterocycles. The van der Waals surface area contributed by atoms with Crippen LogP contribution in [-0.2, 0) is 9.53 Å². The highest BCUT2D eigenvalue weighted by molar-refractivity contribution is 6.08. The van der Waals surface area contributed by atoms with Crippen LogP contribution < -0.4 is 0 Å². The van der Waals surface area contributed by atoms with Crippen LogP contribution >= 0.6 is 0 Å². The number of hydrogen-bond acceptors (Lipinski definition) is 3. The molecule has 0 radical (unpaired) electrons. The Hall–Kier alpha value is -1.32. The molecule has 0 aromatic heterocycles. The molecule has 1 amide bonds. The van der Waals surface area contributed by atoms with Gasteiger partial charge >= 0.3 is 0 Å². The Morgan fingerprint density at radius 3 is 2.73 bits per heavy atom. The molecule has 0 aromatic rings. The van der Waals surface area contributed by atoms with Gasteiger partial charge in [-0.25, -0.2) is 4.99 Å². The average molecular weight is 210 g/mol. The minimum Gasteiger partial charge on any atom is -0.420 e. The summed E-state index contributed by atoms with van der Waals surface area (Å²) in [5, 5.41) is 0. The second kappa shape index (κ2) is 5.53. The third-order valence-electron chi connectivity index (χ3n) is 2.23. The van der Waals surface area contributed by atoms with Crippen LogP contribution in [0, 0.1) is 0 Å². The molecule has 0 unspecified atom stereocenters. The summed E-state index contributed by atoms with van der Waals surface area (Å²) in [6.45, 7) is 7.12. The molecule has 0 aliphatic carbocycles. The summed E-state index contributed by atoms with van der Waals surface area (Å²) >= 11 is 0. The standard InChI is InChI=1S/C11H18N2O2/c1-4-7-8-12-11-13(6-3)10(14)9(5-2)15-11/h5H,4,6-8H2,1-3H3/b9-5+,12-11+. The highest BCUT2D eigenvalue weighted by Gasteiger charge is 2.32. The molecule has 1 saturated heterocycles. The predicted molar refractivity (Wildman–Crippen MR) is 59.4 cm³/mol. The van der Waals surface area contributed by atoms with Crippen molar-refractivity contribution in [2.24, 2.45) is 4.99 Å². The van der Waals surface area contributed by atoms with Gasteiger partial charge in [-0.3, -0.25) is 9.69 Å². The zero-order valence-electron chi connectivity index (χ0n) is 9.62. The van der Waals surface area contributed by atoms with Crippen molar-refractivity contribution < 1.29 is 9.53 Å². The number of unbranched alkanes of at least 4 members (excludes halogenated alkanes) is 1. The van der Waals surface area contributed by atoms with Gasteiger partial charge < -0.3 is 4.74 Å². The van der Waals surface area contributed by atoms with Crippen molar-refractivity contribution in [2.45, 2.75) is 33.6 Å². The van der Waals surface area contributed by atoms with Gasteiger partial charge in [0.25, 0.3) is 11.9 Å². The molecule has 1 heterocycles. The fraction of sp³-hybridized carbons (Fsp3) is 0.636. The van der Waals surface area contributed by atoms with Crippen molar-refractivity contribution in [1.82, 2.24) is 4.90 Å². The van der Waals surface area contributed by atoms with E-state index in [1.54, 1.807) is 17.9 Å². The van der Waals surface area contributed by atoms with E-state index >= 15 is 0 Å². The topological polar surface area (TPSA) is 41.9 Å². The number of ether oxygens (including phenoxy) is 1. The fourth-order valence-electron chi connectivity index (χ4n) is 1.33. The molecule has 0 aromatic carbocycles. The Labute approximate surface area is 90.6 Å². The number of hydrogen-bond donors (Lipinski definition) is 0. The second-order valence-corrected chi connectivity index (χ2v) is 3.32. The molecule has 4 heteroatoms. The zero-order chi connectivity index (χ0) is 11.3. The van der Waals surface area contributed by atoms with E-state index in [9.17, 15) is 4.79 Å². The summed E-state index contributed by atoms with van der Waals surface area (Å²) in [7, 11) is 0. The molecule has 84 valence electrons. The van der Waals surface area contributed by atoms with E-state index in [1.165, 1.54) is 0 Å². The van der Waals surface area contributed by atoms with E-state index < -0.39 is 0 Å². The van der Waals surface area contributed by atoms with Gasteiger partial charge in [-0.2, -0.15) is 0 Å². The summed E-state index contributed by atoms with van der Waals surface area (Å²) in [4.78, 5) is 17.5. The normalized spacial score (nSPS) is 21.5. The molecular weight excluding hydrogens is 192 g/mol. The smallest absolute Gasteiger partial charge is 0.300 e. The van der Waals surface area contributed by atoms with E-state index in [0.717, 1.165) is 12.8 Å². The van der Waals surface area contributed by atoms with Gasteiger partial charge in [-0.05, 0) is 26.3 Å². The monoisotopic (exact) mass is 210 g/mol. The number of amides is 1. The predicted octanol–water partition coefficient (Wildman–Crippen LogP) is 1.93. The van der Waals surface area contributed by atoms with Crippen LogP contribution in [-0.4, -0.2) is 29.9 Å². The molecule has 0 spiro atoms. The molecule has 4 nitrogen and oxygen atoms in total. The molecule has 0 bridgehead atoms. The lowest BCUT2D eigenvalue weighted by Crippen LogP contribution is -2.29. The fourth-order valence-corrected chi connectivity index (χ4v) is 1.33. The van der Waals surface area contributed by atoms with E-state index in [2.05, 4.69) is 11.9 Å². The Morgan fingerprint density at radius 1 is 1.47 bits per heavy atom. The van der Waals surface area contributed by atoms with Crippen molar-refractivity contribution in [3.05, 3.63) is 11.8 Å². The molecule has 1 rings (SSSR count). The van der Waals surface area contributed by atoms with Gasteiger partial charge in [0.2, 0.25) is 0 Å². The summed E-state index contributed by atoms with van der Waals surface area (Å²) in [5.74, 6) is 0.294. The Balaban J connectivity index is 2.73. The molecule has 15 heavy (non-hydrogen) atoms. The lowest BCUT2D eigenvalue weighted by Gasteiger charge is -2.09. The SMILES string of the molecule is C/C=C1/O/C(=N/CCCC)N(CC)C1=O. The van der Waals surface area contributed by atoms with Gasteiger partial charge in [-0.15, -0.1) is 0 Å². The first-order valence-electron chi connectivity index (χ1n) is 5.45. The summed E-state index contributed by atoms with van der Waals surface area (Å²) in [5.41, 5.74) is 0. The van der Waals surface area contributed by atoms with Gasteiger partial charge in [-0.1, -0.05) is 13.3 Å². The molecular formula is C11H18N2O2. The second-order valence-electron chi connectivity index (χ2n) is 3.32. The molecule has 0 N–H and O–H groups in total. The average Bonchev–Trinajstić information content (AvgIpc) is 2.55. The number of aliphatic imine (C=N–C) groups is 1. The maximum absolute atomic E-state index is 11.7. The summed E-state index contributed by atoms with van der Waals surface area (Å²) in [6.07, 6.45) is 3.78. The minimum atomic E-state index is -0.0877. The number of likely N-dealkylation sites (N-methyl/N-ethyl adjacent to an activating group) is 1. The van der Waals surface area contributed by atoms with Crippen molar-refractivity contribution >= 4 is 11.9 Å². The Bertz CT molecular complexity index is 295. The van der Waals surface area contributed by atoms with Gasteiger partial charge in [0, 0.05) is 13.1 Å². The third-order valence-corrected chi connectivity index (χ3v) is 2.23.